The summed E-state index contributed by atoms with van der Waals surface area (Å²) in [6.45, 7) is 7.39. The van der Waals surface area contributed by atoms with Gasteiger partial charge in [-0.3, -0.25) is 0 Å². The van der Waals surface area contributed by atoms with E-state index in [0.29, 0.717) is 6.42 Å². The Morgan fingerprint density at radius 2 is 2.20 bits per heavy atom. The standard InChI is InChI=1S/C9H15O/c1-4-6-7-9(5-2)8(3)10/h8-10H,1,4-5H2,2-3H3. The Kier molecular flexibility index (Phi) is 5.06. The van der Waals surface area contributed by atoms with Crippen molar-refractivity contribution in [2.24, 2.45) is 5.92 Å². The Balaban J connectivity index is 3.82. The number of rotatable bonds is 2. The van der Waals surface area contributed by atoms with Crippen molar-refractivity contribution in [1.29, 1.82) is 0 Å². The topological polar surface area (TPSA) is 20.2 Å². The van der Waals surface area contributed by atoms with Crippen LogP contribution in [0.3, 0.4) is 0 Å². The van der Waals surface area contributed by atoms with Crippen molar-refractivity contribution < 1.29 is 5.11 Å². The minimum absolute atomic E-state index is 0.127. The smallest absolute Gasteiger partial charge is 0.0649 e. The third kappa shape index (κ3) is 3.53. The van der Waals surface area contributed by atoms with Gasteiger partial charge in [0.1, 0.15) is 0 Å². The Morgan fingerprint density at radius 1 is 1.60 bits per heavy atom. The van der Waals surface area contributed by atoms with E-state index in [-0.39, 0.29) is 12.0 Å². The number of aliphatic hydroxyl groups is 1. The summed E-state index contributed by atoms with van der Waals surface area (Å²) in [5.74, 6) is 5.94. The van der Waals surface area contributed by atoms with Gasteiger partial charge in [-0.15, -0.1) is 5.92 Å². The second-order valence-corrected chi connectivity index (χ2v) is 2.33. The Bertz CT molecular complexity index is 127. The molecule has 0 saturated carbocycles. The zero-order valence-electron chi connectivity index (χ0n) is 6.72. The van der Waals surface area contributed by atoms with Crippen molar-refractivity contribution in [3.63, 3.8) is 0 Å². The SMILES string of the molecule is [CH2]CC#CC(CC)C(C)O. The molecule has 0 bridgehead atoms. The predicted molar refractivity (Wildman–Crippen MR) is 43.2 cm³/mol. The zero-order chi connectivity index (χ0) is 7.98. The molecule has 57 valence electrons. The highest BCUT2D eigenvalue weighted by molar-refractivity contribution is 5.05. The van der Waals surface area contributed by atoms with E-state index in [2.05, 4.69) is 18.8 Å². The minimum atomic E-state index is -0.316. The molecule has 2 atom stereocenters. The minimum Gasteiger partial charge on any atom is -0.392 e. The van der Waals surface area contributed by atoms with Gasteiger partial charge in [-0.25, -0.2) is 0 Å². The van der Waals surface area contributed by atoms with Crippen LogP contribution in [-0.2, 0) is 0 Å². The van der Waals surface area contributed by atoms with E-state index in [1.54, 1.807) is 6.92 Å². The molecule has 0 aliphatic heterocycles. The molecule has 0 aliphatic carbocycles. The van der Waals surface area contributed by atoms with Crippen molar-refractivity contribution in [2.75, 3.05) is 0 Å². The van der Waals surface area contributed by atoms with Gasteiger partial charge >= 0.3 is 0 Å². The van der Waals surface area contributed by atoms with Crippen LogP contribution in [0.15, 0.2) is 0 Å². The lowest BCUT2D eigenvalue weighted by Crippen LogP contribution is -2.13. The zero-order valence-corrected chi connectivity index (χ0v) is 6.72. The molecule has 0 rings (SSSR count). The lowest BCUT2D eigenvalue weighted by molar-refractivity contribution is 0.151. The molecule has 0 aromatic carbocycles. The molecule has 0 spiro atoms. The average molecular weight is 139 g/mol. The molecule has 10 heavy (non-hydrogen) atoms. The Hall–Kier alpha value is -0.480. The Labute approximate surface area is 63.5 Å². The number of hydrogen-bond acceptors (Lipinski definition) is 1. The largest absolute Gasteiger partial charge is 0.392 e. The molecule has 0 amide bonds. The number of hydrogen-bond donors (Lipinski definition) is 1. The van der Waals surface area contributed by atoms with E-state index >= 15 is 0 Å². The van der Waals surface area contributed by atoms with Crippen LogP contribution in [0.25, 0.3) is 0 Å². The summed E-state index contributed by atoms with van der Waals surface area (Å²) in [4.78, 5) is 0. The molecule has 1 radical (unpaired) electrons. The fraction of sp³-hybridized carbons (Fsp3) is 0.667. The summed E-state index contributed by atoms with van der Waals surface area (Å²) in [6.07, 6.45) is 1.22. The van der Waals surface area contributed by atoms with Crippen molar-refractivity contribution in [3.8, 4) is 11.8 Å². The number of aliphatic hydroxyl groups excluding tert-OH is 1. The van der Waals surface area contributed by atoms with Gasteiger partial charge in [0, 0.05) is 12.3 Å². The van der Waals surface area contributed by atoms with E-state index in [4.69, 9.17) is 5.11 Å². The molecule has 2 unspecified atom stereocenters. The summed E-state index contributed by atoms with van der Waals surface area (Å²) < 4.78 is 0. The lowest BCUT2D eigenvalue weighted by Gasteiger charge is -2.09. The summed E-state index contributed by atoms with van der Waals surface area (Å²) in [5, 5.41) is 9.12. The second-order valence-electron chi connectivity index (χ2n) is 2.33. The Morgan fingerprint density at radius 3 is 2.50 bits per heavy atom. The van der Waals surface area contributed by atoms with E-state index in [9.17, 15) is 0 Å². The monoisotopic (exact) mass is 139 g/mol. The molecule has 1 heteroatoms. The van der Waals surface area contributed by atoms with Crippen molar-refractivity contribution in [1.82, 2.24) is 0 Å². The van der Waals surface area contributed by atoms with Crippen LogP contribution in [0.5, 0.6) is 0 Å². The average Bonchev–Trinajstić information content (AvgIpc) is 1.89. The molecular weight excluding hydrogens is 124 g/mol. The molecule has 0 saturated heterocycles. The van der Waals surface area contributed by atoms with Crippen LogP contribution < -0.4 is 0 Å². The second kappa shape index (κ2) is 5.32. The van der Waals surface area contributed by atoms with Gasteiger partial charge in [0.2, 0.25) is 0 Å². The van der Waals surface area contributed by atoms with E-state index in [1.165, 1.54) is 0 Å². The van der Waals surface area contributed by atoms with Crippen LogP contribution in [-0.4, -0.2) is 11.2 Å². The fourth-order valence-electron chi connectivity index (χ4n) is 0.767. The predicted octanol–water partition coefficient (Wildman–Crippen LogP) is 1.62. The summed E-state index contributed by atoms with van der Waals surface area (Å²) in [6, 6.07) is 0. The molecule has 0 aromatic rings. The van der Waals surface area contributed by atoms with Gasteiger partial charge in [0.15, 0.2) is 0 Å². The first-order chi connectivity index (χ1) is 4.72. The van der Waals surface area contributed by atoms with Crippen molar-refractivity contribution in [2.45, 2.75) is 32.8 Å². The van der Waals surface area contributed by atoms with Crippen molar-refractivity contribution in [3.05, 3.63) is 6.92 Å². The maximum Gasteiger partial charge on any atom is 0.0649 e. The highest BCUT2D eigenvalue weighted by Crippen LogP contribution is 2.05. The quantitative estimate of drug-likeness (QED) is 0.576. The molecule has 1 nitrogen and oxygen atoms in total. The first kappa shape index (κ1) is 9.52. The van der Waals surface area contributed by atoms with Crippen LogP contribution in [0.2, 0.25) is 0 Å². The summed E-state index contributed by atoms with van der Waals surface area (Å²) in [5.41, 5.74) is 0. The summed E-state index contributed by atoms with van der Waals surface area (Å²) in [7, 11) is 0. The molecule has 1 N–H and O–H groups in total. The lowest BCUT2D eigenvalue weighted by atomic mass is 10.0. The van der Waals surface area contributed by atoms with Gasteiger partial charge < -0.3 is 5.11 Å². The van der Waals surface area contributed by atoms with E-state index in [1.807, 2.05) is 6.92 Å². The summed E-state index contributed by atoms with van der Waals surface area (Å²) >= 11 is 0. The first-order valence-corrected chi connectivity index (χ1v) is 3.68. The van der Waals surface area contributed by atoms with E-state index in [0.717, 1.165) is 6.42 Å². The fourth-order valence-corrected chi connectivity index (χ4v) is 0.767. The van der Waals surface area contributed by atoms with Crippen LogP contribution in [0.4, 0.5) is 0 Å². The van der Waals surface area contributed by atoms with Gasteiger partial charge in [-0.05, 0) is 20.3 Å². The highest BCUT2D eigenvalue weighted by atomic mass is 16.3. The van der Waals surface area contributed by atoms with Crippen molar-refractivity contribution >= 4 is 0 Å². The third-order valence-electron chi connectivity index (χ3n) is 1.43. The van der Waals surface area contributed by atoms with E-state index < -0.39 is 0 Å². The molecular formula is C9H15O. The van der Waals surface area contributed by atoms with Crippen LogP contribution in [0, 0.1) is 24.7 Å². The maximum atomic E-state index is 9.12. The van der Waals surface area contributed by atoms with Gasteiger partial charge in [0.25, 0.3) is 0 Å². The van der Waals surface area contributed by atoms with Crippen LogP contribution >= 0.6 is 0 Å². The molecule has 0 aromatic heterocycles. The molecule has 0 aliphatic rings. The van der Waals surface area contributed by atoms with Gasteiger partial charge in [-0.2, -0.15) is 0 Å². The normalized spacial score (nSPS) is 15.2. The van der Waals surface area contributed by atoms with Gasteiger partial charge in [0.05, 0.1) is 6.10 Å². The van der Waals surface area contributed by atoms with Gasteiger partial charge in [-0.1, -0.05) is 12.8 Å². The highest BCUT2D eigenvalue weighted by Gasteiger charge is 2.07. The van der Waals surface area contributed by atoms with Crippen LogP contribution in [0.1, 0.15) is 26.7 Å². The maximum absolute atomic E-state index is 9.12. The molecule has 0 heterocycles. The molecule has 0 fully saturated rings. The first-order valence-electron chi connectivity index (χ1n) is 3.68. The third-order valence-corrected chi connectivity index (χ3v) is 1.43.